The first kappa shape index (κ1) is 20.3. The molecule has 2 aliphatic rings. The Labute approximate surface area is 164 Å². The van der Waals surface area contributed by atoms with Gasteiger partial charge < -0.3 is 9.64 Å². The number of piperidine rings is 2. The minimum atomic E-state index is -3.47. The highest BCUT2D eigenvalue weighted by molar-refractivity contribution is 7.91. The van der Waals surface area contributed by atoms with Gasteiger partial charge in [0.2, 0.25) is 0 Å². The molecule has 7 nitrogen and oxygen atoms in total. The van der Waals surface area contributed by atoms with E-state index in [9.17, 15) is 18.0 Å². The number of hydrogen-bond donors (Lipinski definition) is 0. The van der Waals surface area contributed by atoms with Gasteiger partial charge in [-0.3, -0.25) is 9.59 Å². The van der Waals surface area contributed by atoms with Gasteiger partial charge in [0.05, 0.1) is 5.92 Å². The number of esters is 1. The number of carbonyl (C=O) groups is 2. The molecule has 1 aromatic heterocycles. The van der Waals surface area contributed by atoms with E-state index in [1.54, 1.807) is 22.4 Å². The first-order chi connectivity index (χ1) is 12.9. The van der Waals surface area contributed by atoms with Gasteiger partial charge in [-0.1, -0.05) is 13.0 Å². The summed E-state index contributed by atoms with van der Waals surface area (Å²) in [5.74, 6) is -0.421. The zero-order valence-electron chi connectivity index (χ0n) is 15.5. The van der Waals surface area contributed by atoms with Crippen LogP contribution in [0.4, 0.5) is 0 Å². The molecule has 0 aromatic carbocycles. The molecule has 150 valence electrons. The second-order valence-electron chi connectivity index (χ2n) is 7.31. The van der Waals surface area contributed by atoms with Crippen molar-refractivity contribution in [2.45, 2.75) is 36.8 Å². The zero-order valence-corrected chi connectivity index (χ0v) is 17.1. The topological polar surface area (TPSA) is 84.0 Å². The van der Waals surface area contributed by atoms with E-state index in [2.05, 4.69) is 6.92 Å². The van der Waals surface area contributed by atoms with E-state index in [0.717, 1.165) is 25.9 Å². The molecule has 27 heavy (non-hydrogen) atoms. The summed E-state index contributed by atoms with van der Waals surface area (Å²) in [4.78, 5) is 26.2. The lowest BCUT2D eigenvalue weighted by Gasteiger charge is -2.31. The van der Waals surface area contributed by atoms with Crippen molar-refractivity contribution < 1.29 is 22.7 Å². The van der Waals surface area contributed by atoms with Gasteiger partial charge in [0, 0.05) is 26.2 Å². The fourth-order valence-electron chi connectivity index (χ4n) is 3.63. The number of likely N-dealkylation sites (tertiary alicyclic amines) is 1. The molecular weight excluding hydrogens is 388 g/mol. The first-order valence-electron chi connectivity index (χ1n) is 9.36. The van der Waals surface area contributed by atoms with Crippen molar-refractivity contribution in [1.29, 1.82) is 0 Å². The number of carbonyl (C=O) groups excluding carboxylic acids is 2. The van der Waals surface area contributed by atoms with Gasteiger partial charge in [0.15, 0.2) is 6.61 Å². The summed E-state index contributed by atoms with van der Waals surface area (Å²) in [6.07, 6.45) is 2.94. The molecule has 2 aliphatic heterocycles. The maximum absolute atomic E-state index is 12.5. The van der Waals surface area contributed by atoms with E-state index in [1.807, 2.05) is 0 Å². The molecule has 2 saturated heterocycles. The number of thiophene rings is 1. The molecule has 0 radical (unpaired) electrons. The van der Waals surface area contributed by atoms with Crippen molar-refractivity contribution in [2.24, 2.45) is 11.8 Å². The summed E-state index contributed by atoms with van der Waals surface area (Å²) in [5.41, 5.74) is 0. The summed E-state index contributed by atoms with van der Waals surface area (Å²) in [7, 11) is -3.47. The molecular formula is C18H26N2O5S2. The van der Waals surface area contributed by atoms with Crippen molar-refractivity contribution in [3.8, 4) is 0 Å². The van der Waals surface area contributed by atoms with Crippen LogP contribution in [0.2, 0.25) is 0 Å². The van der Waals surface area contributed by atoms with Crippen LogP contribution in [0.25, 0.3) is 0 Å². The van der Waals surface area contributed by atoms with Crippen LogP contribution >= 0.6 is 11.3 Å². The van der Waals surface area contributed by atoms with Gasteiger partial charge in [0.25, 0.3) is 15.9 Å². The maximum Gasteiger partial charge on any atom is 0.309 e. The number of amides is 1. The summed E-state index contributed by atoms with van der Waals surface area (Å²) < 4.78 is 32.0. The minimum absolute atomic E-state index is 0.146. The average Bonchev–Trinajstić information content (AvgIpc) is 3.21. The number of nitrogens with zero attached hydrogens (tertiary/aromatic N) is 2. The van der Waals surface area contributed by atoms with Crippen molar-refractivity contribution >= 4 is 33.2 Å². The second-order valence-corrected chi connectivity index (χ2v) is 10.4. The van der Waals surface area contributed by atoms with Gasteiger partial charge in [-0.05, 0) is 43.0 Å². The van der Waals surface area contributed by atoms with Crippen LogP contribution in [0.15, 0.2) is 21.7 Å². The lowest BCUT2D eigenvalue weighted by Crippen LogP contribution is -2.43. The largest absolute Gasteiger partial charge is 0.455 e. The van der Waals surface area contributed by atoms with Gasteiger partial charge >= 0.3 is 5.97 Å². The van der Waals surface area contributed by atoms with Crippen molar-refractivity contribution in [3.63, 3.8) is 0 Å². The highest BCUT2D eigenvalue weighted by atomic mass is 32.2. The normalized spacial score (nSPS) is 22.6. The monoisotopic (exact) mass is 414 g/mol. The van der Waals surface area contributed by atoms with Gasteiger partial charge in [-0.2, -0.15) is 4.31 Å². The number of ether oxygens (including phenoxy) is 1. The van der Waals surface area contributed by atoms with Crippen LogP contribution in [0, 0.1) is 11.8 Å². The lowest BCUT2D eigenvalue weighted by molar-refractivity contribution is -0.157. The Hall–Kier alpha value is -1.45. The Balaban J connectivity index is 1.45. The van der Waals surface area contributed by atoms with Crippen LogP contribution in [0.1, 0.15) is 32.6 Å². The highest BCUT2D eigenvalue weighted by Gasteiger charge is 2.33. The number of rotatable bonds is 5. The van der Waals surface area contributed by atoms with Gasteiger partial charge in [-0.15, -0.1) is 11.3 Å². The molecule has 1 amide bonds. The van der Waals surface area contributed by atoms with Crippen LogP contribution in [0.5, 0.6) is 0 Å². The van der Waals surface area contributed by atoms with Crippen molar-refractivity contribution in [3.05, 3.63) is 17.5 Å². The summed E-state index contributed by atoms with van der Waals surface area (Å²) in [6.45, 7) is 3.91. The minimum Gasteiger partial charge on any atom is -0.455 e. The predicted octanol–water partition coefficient (Wildman–Crippen LogP) is 1.95. The van der Waals surface area contributed by atoms with Crippen LogP contribution in [-0.4, -0.2) is 62.3 Å². The lowest BCUT2D eigenvalue weighted by atomic mass is 9.98. The second kappa shape index (κ2) is 8.70. The Morgan fingerprint density at radius 1 is 1.22 bits per heavy atom. The molecule has 1 atom stereocenters. The standard InChI is InChI=1S/C18H26N2O5S2/c1-14-4-2-8-19(12-14)16(21)13-25-18(22)15-6-9-20(10-7-15)27(23,24)17-5-3-11-26-17/h3,5,11,14-15H,2,4,6-10,12-13H2,1H3/t14-/m0/s1. The highest BCUT2D eigenvalue weighted by Crippen LogP contribution is 2.27. The van der Waals surface area contributed by atoms with Crippen molar-refractivity contribution in [2.75, 3.05) is 32.8 Å². The Kier molecular flexibility index (Phi) is 6.54. The fraction of sp³-hybridized carbons (Fsp3) is 0.667. The van der Waals surface area contributed by atoms with E-state index in [-0.39, 0.29) is 31.5 Å². The maximum atomic E-state index is 12.5. The molecule has 0 saturated carbocycles. The Morgan fingerprint density at radius 3 is 2.59 bits per heavy atom. The van der Waals surface area contributed by atoms with E-state index in [1.165, 1.54) is 15.6 Å². The first-order valence-corrected chi connectivity index (χ1v) is 11.7. The third-order valence-corrected chi connectivity index (χ3v) is 8.50. The van der Waals surface area contributed by atoms with Crippen molar-refractivity contribution in [1.82, 2.24) is 9.21 Å². The summed E-state index contributed by atoms with van der Waals surface area (Å²) in [5, 5.41) is 1.73. The molecule has 9 heteroatoms. The third-order valence-electron chi connectivity index (χ3n) is 5.22. The number of sulfonamides is 1. The van der Waals surface area contributed by atoms with E-state index in [0.29, 0.717) is 23.0 Å². The molecule has 0 N–H and O–H groups in total. The molecule has 0 aliphatic carbocycles. The van der Waals surface area contributed by atoms with E-state index < -0.39 is 16.0 Å². The van der Waals surface area contributed by atoms with E-state index in [4.69, 9.17) is 4.74 Å². The molecule has 0 bridgehead atoms. The fourth-order valence-corrected chi connectivity index (χ4v) is 6.24. The summed E-state index contributed by atoms with van der Waals surface area (Å²) >= 11 is 1.19. The molecule has 2 fully saturated rings. The molecule has 0 unspecified atom stereocenters. The molecule has 3 heterocycles. The van der Waals surface area contributed by atoms with Crippen LogP contribution in [-0.2, 0) is 24.3 Å². The predicted molar refractivity (Wildman–Crippen MR) is 102 cm³/mol. The van der Waals surface area contributed by atoms with Crippen LogP contribution < -0.4 is 0 Å². The van der Waals surface area contributed by atoms with Crippen LogP contribution in [0.3, 0.4) is 0 Å². The number of hydrogen-bond acceptors (Lipinski definition) is 6. The SMILES string of the molecule is C[C@H]1CCCN(C(=O)COC(=O)C2CCN(S(=O)(=O)c3cccs3)CC2)C1. The third kappa shape index (κ3) is 4.89. The zero-order chi connectivity index (χ0) is 19.4. The molecule has 0 spiro atoms. The van der Waals surface area contributed by atoms with Gasteiger partial charge in [-0.25, -0.2) is 8.42 Å². The van der Waals surface area contributed by atoms with E-state index >= 15 is 0 Å². The smallest absolute Gasteiger partial charge is 0.309 e. The quantitative estimate of drug-likeness (QED) is 0.688. The van der Waals surface area contributed by atoms with Gasteiger partial charge in [0.1, 0.15) is 4.21 Å². The Bertz CT molecular complexity index is 755. The average molecular weight is 415 g/mol. The molecule has 3 rings (SSSR count). The Morgan fingerprint density at radius 2 is 1.96 bits per heavy atom. The molecule has 1 aromatic rings. The summed E-state index contributed by atoms with van der Waals surface area (Å²) in [6, 6.07) is 3.30.